The Kier molecular flexibility index (Phi) is 5.42. The Morgan fingerprint density at radius 3 is 2.78 bits per heavy atom. The molecule has 0 atom stereocenters. The van der Waals surface area contributed by atoms with Crippen molar-refractivity contribution in [2.24, 2.45) is 0 Å². The molecule has 0 amide bonds. The first kappa shape index (κ1) is 14.3. The van der Waals surface area contributed by atoms with E-state index in [1.165, 1.54) is 4.57 Å². The van der Waals surface area contributed by atoms with E-state index in [1.807, 2.05) is 6.92 Å². The summed E-state index contributed by atoms with van der Waals surface area (Å²) >= 11 is 0. The van der Waals surface area contributed by atoms with Crippen molar-refractivity contribution in [3.8, 4) is 5.75 Å². The second kappa shape index (κ2) is 6.83. The van der Waals surface area contributed by atoms with Gasteiger partial charge in [-0.1, -0.05) is 6.92 Å². The third-order valence-corrected chi connectivity index (χ3v) is 2.11. The van der Waals surface area contributed by atoms with Gasteiger partial charge in [-0.25, -0.2) is 0 Å². The van der Waals surface area contributed by atoms with Crippen LogP contribution in [0.1, 0.15) is 27.2 Å². The highest BCUT2D eigenvalue weighted by molar-refractivity contribution is 5.69. The molecule has 5 nitrogen and oxygen atoms in total. The molecule has 0 bridgehead atoms. The van der Waals surface area contributed by atoms with E-state index >= 15 is 0 Å². The number of rotatable bonds is 6. The van der Waals surface area contributed by atoms with Gasteiger partial charge in [-0.05, 0) is 32.4 Å². The molecule has 0 aliphatic rings. The van der Waals surface area contributed by atoms with E-state index in [0.29, 0.717) is 6.61 Å². The van der Waals surface area contributed by atoms with Crippen LogP contribution in [0.3, 0.4) is 0 Å². The molecule has 0 aliphatic heterocycles. The van der Waals surface area contributed by atoms with Gasteiger partial charge in [0.2, 0.25) is 0 Å². The van der Waals surface area contributed by atoms with Crippen LogP contribution < -0.4 is 10.3 Å². The average molecular weight is 253 g/mol. The van der Waals surface area contributed by atoms with Crippen LogP contribution in [0.2, 0.25) is 0 Å². The lowest BCUT2D eigenvalue weighted by Crippen LogP contribution is -2.27. The molecular formula is C13H19NO4. The first-order valence-electron chi connectivity index (χ1n) is 6.06. The Balaban J connectivity index is 2.77. The SMILES string of the molecule is CCCOc1cccn(CC(=O)OC(C)C)c1=O. The highest BCUT2D eigenvalue weighted by atomic mass is 16.5. The fraction of sp³-hybridized carbons (Fsp3) is 0.538. The molecule has 0 saturated carbocycles. The van der Waals surface area contributed by atoms with Gasteiger partial charge in [-0.2, -0.15) is 0 Å². The second-order valence-electron chi connectivity index (χ2n) is 4.19. The summed E-state index contributed by atoms with van der Waals surface area (Å²) in [5.41, 5.74) is -0.313. The number of ether oxygens (including phenoxy) is 2. The summed E-state index contributed by atoms with van der Waals surface area (Å²) in [5.74, 6) is -0.170. The monoisotopic (exact) mass is 253 g/mol. The van der Waals surface area contributed by atoms with Crippen molar-refractivity contribution in [1.29, 1.82) is 0 Å². The molecule has 1 aromatic rings. The van der Waals surface area contributed by atoms with Gasteiger partial charge in [0.05, 0.1) is 12.7 Å². The number of nitrogens with zero attached hydrogens (tertiary/aromatic N) is 1. The number of pyridine rings is 1. The van der Waals surface area contributed by atoms with Gasteiger partial charge in [0.25, 0.3) is 5.56 Å². The van der Waals surface area contributed by atoms with Gasteiger partial charge in [0, 0.05) is 6.20 Å². The highest BCUT2D eigenvalue weighted by Gasteiger charge is 2.10. The molecule has 1 heterocycles. The zero-order valence-corrected chi connectivity index (χ0v) is 11.0. The smallest absolute Gasteiger partial charge is 0.326 e. The minimum Gasteiger partial charge on any atom is -0.488 e. The molecule has 1 aromatic heterocycles. The standard InChI is InChI=1S/C13H19NO4/c1-4-8-17-11-6-5-7-14(13(11)16)9-12(15)18-10(2)3/h5-7,10H,4,8-9H2,1-3H3. The Hall–Kier alpha value is -1.78. The number of aromatic nitrogens is 1. The molecular weight excluding hydrogens is 234 g/mol. The largest absolute Gasteiger partial charge is 0.488 e. The summed E-state index contributed by atoms with van der Waals surface area (Å²) in [6.07, 6.45) is 2.18. The van der Waals surface area contributed by atoms with Gasteiger partial charge in [0.15, 0.2) is 5.75 Å². The topological polar surface area (TPSA) is 57.5 Å². The van der Waals surface area contributed by atoms with Crippen molar-refractivity contribution in [3.63, 3.8) is 0 Å². The van der Waals surface area contributed by atoms with Crippen molar-refractivity contribution in [2.75, 3.05) is 6.61 Å². The molecule has 0 N–H and O–H groups in total. The molecule has 0 radical (unpaired) electrons. The Labute approximate surface area is 106 Å². The van der Waals surface area contributed by atoms with Gasteiger partial charge in [-0.15, -0.1) is 0 Å². The zero-order valence-electron chi connectivity index (χ0n) is 11.0. The van der Waals surface area contributed by atoms with Crippen molar-refractivity contribution < 1.29 is 14.3 Å². The molecule has 5 heteroatoms. The Morgan fingerprint density at radius 1 is 1.44 bits per heavy atom. The number of hydrogen-bond acceptors (Lipinski definition) is 4. The van der Waals surface area contributed by atoms with Gasteiger partial charge in [0.1, 0.15) is 6.54 Å². The van der Waals surface area contributed by atoms with E-state index in [4.69, 9.17) is 9.47 Å². The minimum absolute atomic E-state index is 0.0969. The lowest BCUT2D eigenvalue weighted by molar-refractivity contribution is -0.148. The molecule has 0 spiro atoms. The van der Waals surface area contributed by atoms with E-state index in [9.17, 15) is 9.59 Å². The molecule has 0 aliphatic carbocycles. The average Bonchev–Trinajstić information content (AvgIpc) is 2.29. The zero-order chi connectivity index (χ0) is 13.5. The van der Waals surface area contributed by atoms with Crippen LogP contribution in [0.4, 0.5) is 0 Å². The lowest BCUT2D eigenvalue weighted by Gasteiger charge is -2.10. The van der Waals surface area contributed by atoms with E-state index in [-0.39, 0.29) is 24.0 Å². The summed E-state index contributed by atoms with van der Waals surface area (Å²) in [6.45, 7) is 5.88. The summed E-state index contributed by atoms with van der Waals surface area (Å²) in [4.78, 5) is 23.4. The first-order chi connectivity index (χ1) is 8.54. The molecule has 0 aromatic carbocycles. The Bertz CT molecular complexity index is 451. The number of hydrogen-bond donors (Lipinski definition) is 0. The van der Waals surface area contributed by atoms with E-state index in [2.05, 4.69) is 0 Å². The summed E-state index contributed by atoms with van der Waals surface area (Å²) in [7, 11) is 0. The third-order valence-electron chi connectivity index (χ3n) is 2.11. The molecule has 18 heavy (non-hydrogen) atoms. The fourth-order valence-electron chi connectivity index (χ4n) is 1.40. The van der Waals surface area contributed by atoms with E-state index in [1.54, 1.807) is 32.2 Å². The Morgan fingerprint density at radius 2 is 2.17 bits per heavy atom. The first-order valence-corrected chi connectivity index (χ1v) is 6.06. The quantitative estimate of drug-likeness (QED) is 0.722. The van der Waals surface area contributed by atoms with E-state index < -0.39 is 5.97 Å². The number of esters is 1. The maximum atomic E-state index is 11.9. The fourth-order valence-corrected chi connectivity index (χ4v) is 1.40. The molecule has 0 unspecified atom stereocenters. The maximum absolute atomic E-state index is 11.9. The van der Waals surface area contributed by atoms with Crippen molar-refractivity contribution in [2.45, 2.75) is 39.8 Å². The predicted octanol–water partition coefficient (Wildman–Crippen LogP) is 1.59. The van der Waals surface area contributed by atoms with Crippen LogP contribution in [0.25, 0.3) is 0 Å². The highest BCUT2D eigenvalue weighted by Crippen LogP contribution is 2.03. The predicted molar refractivity (Wildman–Crippen MR) is 67.7 cm³/mol. The summed E-state index contributed by atoms with van der Waals surface area (Å²) < 4.78 is 11.6. The van der Waals surface area contributed by atoms with Crippen molar-refractivity contribution in [1.82, 2.24) is 4.57 Å². The lowest BCUT2D eigenvalue weighted by atomic mass is 10.4. The van der Waals surface area contributed by atoms with Crippen LogP contribution in [0, 0.1) is 0 Å². The number of carbonyl (C=O) groups excluding carboxylic acids is 1. The van der Waals surface area contributed by atoms with Crippen LogP contribution in [0.5, 0.6) is 5.75 Å². The molecule has 100 valence electrons. The van der Waals surface area contributed by atoms with Crippen molar-refractivity contribution >= 4 is 5.97 Å². The molecule has 0 saturated heterocycles. The summed E-state index contributed by atoms with van der Waals surface area (Å²) in [6, 6.07) is 3.28. The number of carbonyl (C=O) groups is 1. The van der Waals surface area contributed by atoms with Crippen LogP contribution >= 0.6 is 0 Å². The van der Waals surface area contributed by atoms with E-state index in [0.717, 1.165) is 6.42 Å². The molecule has 0 fully saturated rings. The van der Waals surface area contributed by atoms with Crippen molar-refractivity contribution in [3.05, 3.63) is 28.7 Å². The minimum atomic E-state index is -0.431. The van der Waals surface area contributed by atoms with Gasteiger partial charge >= 0.3 is 5.97 Å². The van der Waals surface area contributed by atoms with Gasteiger partial charge < -0.3 is 14.0 Å². The maximum Gasteiger partial charge on any atom is 0.326 e. The van der Waals surface area contributed by atoms with Crippen LogP contribution in [-0.4, -0.2) is 23.2 Å². The van der Waals surface area contributed by atoms with Crippen LogP contribution in [0.15, 0.2) is 23.1 Å². The van der Waals surface area contributed by atoms with Crippen LogP contribution in [-0.2, 0) is 16.1 Å². The van der Waals surface area contributed by atoms with Gasteiger partial charge in [-0.3, -0.25) is 9.59 Å². The second-order valence-corrected chi connectivity index (χ2v) is 4.19. The molecule has 1 rings (SSSR count). The third kappa shape index (κ3) is 4.24. The normalized spacial score (nSPS) is 10.4. The summed E-state index contributed by atoms with van der Waals surface area (Å²) in [5, 5.41) is 0.